The average Bonchev–Trinajstić information content (AvgIpc) is 3.05. The first-order valence-corrected chi connectivity index (χ1v) is 18.3. The fourth-order valence-corrected chi connectivity index (χ4v) is 10.1. The van der Waals surface area contributed by atoms with Crippen LogP contribution in [0.1, 0.15) is 79.9 Å². The Hall–Kier alpha value is -3.33. The van der Waals surface area contributed by atoms with E-state index in [9.17, 15) is 41.4 Å². The molecule has 0 amide bonds. The Morgan fingerprint density at radius 1 is 0.922 bits per heavy atom. The number of hydrogen-bond acceptors (Lipinski definition) is 8. The molecule has 51 heavy (non-hydrogen) atoms. The van der Waals surface area contributed by atoms with Gasteiger partial charge in [-0.3, -0.25) is 4.79 Å². The lowest BCUT2D eigenvalue weighted by Crippen LogP contribution is -2.56. The summed E-state index contributed by atoms with van der Waals surface area (Å²) in [7, 11) is 0. The van der Waals surface area contributed by atoms with Crippen molar-refractivity contribution >= 4 is 46.4 Å². The van der Waals surface area contributed by atoms with Gasteiger partial charge in [0.15, 0.2) is 11.9 Å². The van der Waals surface area contributed by atoms with Crippen molar-refractivity contribution in [2.24, 2.45) is 0 Å². The predicted molar refractivity (Wildman–Crippen MR) is 186 cm³/mol. The summed E-state index contributed by atoms with van der Waals surface area (Å²) in [5, 5.41) is 24.8. The highest BCUT2D eigenvalue weighted by Crippen LogP contribution is 2.58. The van der Waals surface area contributed by atoms with Crippen LogP contribution >= 0.6 is 23.5 Å². The van der Waals surface area contributed by atoms with Crippen LogP contribution in [-0.2, 0) is 4.79 Å². The van der Waals surface area contributed by atoms with E-state index in [0.717, 1.165) is 20.9 Å². The zero-order valence-electron chi connectivity index (χ0n) is 27.9. The fraction of sp³-hybridized carbons (Fsp3) is 0.432. The van der Waals surface area contributed by atoms with Crippen molar-refractivity contribution in [2.75, 3.05) is 5.32 Å². The van der Waals surface area contributed by atoms with E-state index in [1.54, 1.807) is 79.1 Å². The summed E-state index contributed by atoms with van der Waals surface area (Å²) in [6, 6.07) is 16.6. The maximum absolute atomic E-state index is 14.3. The second-order valence-electron chi connectivity index (χ2n) is 13.6. The molecule has 2 aliphatic heterocycles. The molecule has 272 valence electrons. The van der Waals surface area contributed by atoms with Crippen molar-refractivity contribution in [2.45, 2.75) is 108 Å². The van der Waals surface area contributed by atoms with Crippen LogP contribution in [-0.4, -0.2) is 60.5 Å². The first-order valence-electron chi connectivity index (χ1n) is 16.5. The summed E-state index contributed by atoms with van der Waals surface area (Å²) in [5.74, 6) is -0.217. The number of aryl methyl sites for hydroxylation is 1. The molecule has 3 heterocycles. The molecule has 3 aliphatic rings. The molecule has 0 radical (unpaired) electrons. The molecule has 4 aromatic rings. The van der Waals surface area contributed by atoms with Gasteiger partial charge in [-0.1, -0.05) is 50.2 Å². The minimum Gasteiger partial charge on any atom is -0.379 e. The van der Waals surface area contributed by atoms with Gasteiger partial charge in [-0.05, 0) is 85.4 Å². The van der Waals surface area contributed by atoms with Crippen molar-refractivity contribution in [3.05, 3.63) is 89.4 Å². The van der Waals surface area contributed by atoms with Crippen molar-refractivity contribution < 1.29 is 41.4 Å². The zero-order chi connectivity index (χ0) is 36.9. The van der Waals surface area contributed by atoms with E-state index in [4.69, 9.17) is 0 Å². The molecule has 3 N–H and O–H groups in total. The van der Waals surface area contributed by atoms with Gasteiger partial charge in [0.2, 0.25) is 5.60 Å². The Labute approximate surface area is 299 Å². The van der Waals surface area contributed by atoms with E-state index < -0.39 is 41.9 Å². The topological polar surface area (TPSA) is 95.3 Å². The second-order valence-corrected chi connectivity index (χ2v) is 16.6. The molecule has 7 atom stereocenters. The number of benzene rings is 3. The first kappa shape index (κ1) is 37.4. The number of halogens is 6. The maximum atomic E-state index is 14.3. The number of aromatic nitrogens is 2. The van der Waals surface area contributed by atoms with E-state index >= 15 is 0 Å². The number of anilines is 1. The number of aldehydes is 1. The number of carbonyl (C=O) groups excluding carboxylic acids is 1. The van der Waals surface area contributed by atoms with E-state index in [1.165, 1.54) is 0 Å². The van der Waals surface area contributed by atoms with Crippen molar-refractivity contribution in [1.29, 1.82) is 0 Å². The Balaban J connectivity index is 0.000000194. The van der Waals surface area contributed by atoms with Gasteiger partial charge < -0.3 is 15.5 Å². The van der Waals surface area contributed by atoms with Gasteiger partial charge in [0.05, 0.1) is 11.6 Å². The van der Waals surface area contributed by atoms with Crippen LogP contribution in [0.15, 0.2) is 76.7 Å². The number of aliphatic hydroxyl groups is 2. The van der Waals surface area contributed by atoms with Crippen LogP contribution in [0.2, 0.25) is 0 Å². The highest BCUT2D eigenvalue weighted by atomic mass is 32.2. The number of hydrogen-bond donors (Lipinski definition) is 3. The summed E-state index contributed by atoms with van der Waals surface area (Å²) in [5.41, 5.74) is -2.83. The van der Waals surface area contributed by atoms with Gasteiger partial charge in [0.25, 0.3) is 0 Å². The SMILES string of the molecule is CC1CC(CC(O)(C=O)C(F)(F)F)c2ccccc2S1.Cc1ncc2c(NC3c4cccc5c4C(CC(C)S5)CC3(O)C(F)(F)F)cccc2n1. The summed E-state index contributed by atoms with van der Waals surface area (Å²) in [4.78, 5) is 21.3. The third-order valence-corrected chi connectivity index (χ3v) is 12.3. The van der Waals surface area contributed by atoms with Crippen LogP contribution < -0.4 is 5.32 Å². The number of fused-ring (bicyclic) bond motifs is 2. The molecular formula is C37H37F6N3O3S2. The van der Waals surface area contributed by atoms with Gasteiger partial charge in [-0.2, -0.15) is 26.3 Å². The molecule has 1 aliphatic carbocycles. The highest BCUT2D eigenvalue weighted by Gasteiger charge is 2.63. The van der Waals surface area contributed by atoms with Crippen LogP contribution in [0.5, 0.6) is 0 Å². The standard InChI is InChI=1S/C23H22F3N3OS.C14H15F3O2S/c1-12-9-14-10-22(30,23(24,25)26)21(15-5-3-8-19(31-12)20(14)15)29-18-7-4-6-17-16(18)11-27-13(2)28-17;1-9-6-10(7-13(19,8-18)14(15,16)17)11-4-2-3-5-12(11)20-9/h3-8,11-12,14,21,29-30H,9-10H2,1-2H3;2-5,8-10,19H,6-7H2,1H3. The van der Waals surface area contributed by atoms with E-state index in [0.29, 0.717) is 40.8 Å². The summed E-state index contributed by atoms with van der Waals surface area (Å²) in [6.45, 7) is 5.72. The van der Waals surface area contributed by atoms with Gasteiger partial charge in [0, 0.05) is 37.6 Å². The number of nitrogens with one attached hydrogen (secondary N) is 1. The number of alkyl halides is 6. The molecule has 6 nitrogen and oxygen atoms in total. The third-order valence-electron chi connectivity index (χ3n) is 9.88. The lowest BCUT2D eigenvalue weighted by atomic mass is 9.69. The number of rotatable bonds is 5. The highest BCUT2D eigenvalue weighted by molar-refractivity contribution is 8.00. The Kier molecular flexibility index (Phi) is 10.2. The van der Waals surface area contributed by atoms with E-state index in [1.807, 2.05) is 32.0 Å². The smallest absolute Gasteiger partial charge is 0.379 e. The summed E-state index contributed by atoms with van der Waals surface area (Å²) < 4.78 is 81.6. The molecule has 7 rings (SSSR count). The molecule has 3 aromatic carbocycles. The molecule has 0 spiro atoms. The van der Waals surface area contributed by atoms with Crippen molar-refractivity contribution in [3.63, 3.8) is 0 Å². The van der Waals surface area contributed by atoms with Gasteiger partial charge in [-0.25, -0.2) is 9.97 Å². The van der Waals surface area contributed by atoms with Gasteiger partial charge in [0.1, 0.15) is 5.82 Å². The minimum absolute atomic E-state index is 0.152. The average molecular weight is 750 g/mol. The largest absolute Gasteiger partial charge is 0.424 e. The lowest BCUT2D eigenvalue weighted by Gasteiger charge is -2.48. The molecule has 14 heteroatoms. The molecule has 7 unspecified atom stereocenters. The van der Waals surface area contributed by atoms with Gasteiger partial charge >= 0.3 is 12.4 Å². The fourth-order valence-electron chi connectivity index (χ4n) is 7.49. The molecule has 1 aromatic heterocycles. The van der Waals surface area contributed by atoms with E-state index in [2.05, 4.69) is 15.3 Å². The van der Waals surface area contributed by atoms with Crippen molar-refractivity contribution in [1.82, 2.24) is 9.97 Å². The van der Waals surface area contributed by atoms with Crippen LogP contribution in [0.3, 0.4) is 0 Å². The summed E-state index contributed by atoms with van der Waals surface area (Å²) in [6.07, 6.45) is -8.37. The molecule has 0 saturated carbocycles. The molecule has 0 saturated heterocycles. The number of nitrogens with zero attached hydrogens (tertiary/aromatic N) is 2. The van der Waals surface area contributed by atoms with Crippen LogP contribution in [0, 0.1) is 6.92 Å². The molecular weight excluding hydrogens is 713 g/mol. The van der Waals surface area contributed by atoms with Crippen LogP contribution in [0.25, 0.3) is 10.9 Å². The predicted octanol–water partition coefficient (Wildman–Crippen LogP) is 9.29. The Bertz CT molecular complexity index is 1930. The van der Waals surface area contributed by atoms with E-state index in [-0.39, 0.29) is 29.1 Å². The molecule has 0 fully saturated rings. The maximum Gasteiger partial charge on any atom is 0.424 e. The normalized spacial score (nSPS) is 26.9. The molecule has 0 bridgehead atoms. The Morgan fingerprint density at radius 3 is 2.27 bits per heavy atom. The quantitative estimate of drug-likeness (QED) is 0.137. The second kappa shape index (κ2) is 13.9. The first-order chi connectivity index (χ1) is 23.9. The number of thioether (sulfide) groups is 2. The zero-order valence-corrected chi connectivity index (χ0v) is 29.6. The number of carbonyl (C=O) groups is 1. The lowest BCUT2D eigenvalue weighted by molar-refractivity contribution is -0.273. The monoisotopic (exact) mass is 749 g/mol. The third kappa shape index (κ3) is 7.21. The minimum atomic E-state index is -4.95. The van der Waals surface area contributed by atoms with Gasteiger partial charge in [-0.15, -0.1) is 23.5 Å². The summed E-state index contributed by atoms with van der Waals surface area (Å²) >= 11 is 3.29. The van der Waals surface area contributed by atoms with Crippen molar-refractivity contribution in [3.8, 4) is 0 Å². The Morgan fingerprint density at radius 2 is 1.57 bits per heavy atom. The van der Waals surface area contributed by atoms with Crippen LogP contribution in [0.4, 0.5) is 32.0 Å².